The van der Waals surface area contributed by atoms with Crippen LogP contribution in [-0.2, 0) is 0 Å². The Hall–Kier alpha value is -2.73. The molecule has 0 spiro atoms. The van der Waals surface area contributed by atoms with Gasteiger partial charge < -0.3 is 10.1 Å². The van der Waals surface area contributed by atoms with Crippen molar-refractivity contribution in [3.05, 3.63) is 59.7 Å². The van der Waals surface area contributed by atoms with Crippen molar-refractivity contribution in [3.8, 4) is 5.75 Å². The highest BCUT2D eigenvalue weighted by Gasteiger charge is 2.14. The van der Waals surface area contributed by atoms with Crippen molar-refractivity contribution in [2.75, 3.05) is 11.9 Å². The third-order valence-corrected chi connectivity index (χ3v) is 4.35. The minimum Gasteiger partial charge on any atom is -0.493 e. The minimum absolute atomic E-state index is 0.0383. The van der Waals surface area contributed by atoms with Gasteiger partial charge in [0.1, 0.15) is 5.75 Å². The zero-order valence-electron chi connectivity index (χ0n) is 16.3. The van der Waals surface area contributed by atoms with Crippen molar-refractivity contribution in [2.45, 2.75) is 39.5 Å². The number of ether oxygens (including phenoxy) is 1. The van der Waals surface area contributed by atoms with E-state index in [9.17, 15) is 9.59 Å². The first kappa shape index (κ1) is 21.6. The fourth-order valence-electron chi connectivity index (χ4n) is 2.64. The van der Waals surface area contributed by atoms with Crippen LogP contribution < -0.4 is 15.4 Å². The van der Waals surface area contributed by atoms with Crippen LogP contribution in [0.2, 0.25) is 0 Å². The van der Waals surface area contributed by atoms with E-state index in [0.717, 1.165) is 12.8 Å². The van der Waals surface area contributed by atoms with Gasteiger partial charge in [0, 0.05) is 11.3 Å². The van der Waals surface area contributed by atoms with E-state index in [4.69, 9.17) is 17.0 Å². The molecule has 0 bridgehead atoms. The molecule has 148 valence electrons. The SMILES string of the molecule is CCCCCCOc1ccccc1C(=O)NC(=S)Nc1cccc(C(C)=O)c1. The fourth-order valence-corrected chi connectivity index (χ4v) is 2.85. The zero-order valence-corrected chi connectivity index (χ0v) is 17.1. The molecule has 2 aromatic rings. The van der Waals surface area contributed by atoms with Gasteiger partial charge in [-0.3, -0.25) is 14.9 Å². The van der Waals surface area contributed by atoms with Crippen LogP contribution in [0.1, 0.15) is 60.2 Å². The average molecular weight is 399 g/mol. The highest BCUT2D eigenvalue weighted by Crippen LogP contribution is 2.19. The molecule has 0 aromatic heterocycles. The Bertz CT molecular complexity index is 836. The molecule has 0 aliphatic rings. The molecule has 0 atom stereocenters. The van der Waals surface area contributed by atoms with Gasteiger partial charge in [-0.05, 0) is 49.8 Å². The Morgan fingerprint density at radius 1 is 1.04 bits per heavy atom. The first-order valence-corrected chi connectivity index (χ1v) is 9.87. The van der Waals surface area contributed by atoms with Gasteiger partial charge >= 0.3 is 0 Å². The number of amides is 1. The molecule has 5 nitrogen and oxygen atoms in total. The molecule has 1 amide bonds. The topological polar surface area (TPSA) is 67.4 Å². The van der Waals surface area contributed by atoms with Gasteiger partial charge in [0.05, 0.1) is 12.2 Å². The van der Waals surface area contributed by atoms with Crippen molar-refractivity contribution in [3.63, 3.8) is 0 Å². The lowest BCUT2D eigenvalue weighted by molar-refractivity contribution is 0.0971. The molecule has 0 aliphatic heterocycles. The number of ketones is 1. The molecule has 2 aromatic carbocycles. The lowest BCUT2D eigenvalue weighted by Gasteiger charge is -2.13. The number of unbranched alkanes of at least 4 members (excludes halogenated alkanes) is 3. The van der Waals surface area contributed by atoms with Crippen LogP contribution >= 0.6 is 12.2 Å². The van der Waals surface area contributed by atoms with Crippen LogP contribution in [0, 0.1) is 0 Å². The van der Waals surface area contributed by atoms with Crippen LogP contribution in [-0.4, -0.2) is 23.4 Å². The number of hydrogen-bond donors (Lipinski definition) is 2. The van der Waals surface area contributed by atoms with Crippen LogP contribution in [0.15, 0.2) is 48.5 Å². The summed E-state index contributed by atoms with van der Waals surface area (Å²) in [7, 11) is 0. The summed E-state index contributed by atoms with van der Waals surface area (Å²) in [6, 6.07) is 14.0. The molecule has 0 aliphatic carbocycles. The molecular formula is C22H26N2O3S. The second-order valence-electron chi connectivity index (χ2n) is 6.45. The standard InChI is InChI=1S/C22H26N2O3S/c1-3-4-5-8-14-27-20-13-7-6-12-19(20)21(26)24-22(28)23-18-11-9-10-17(15-18)16(2)25/h6-7,9-13,15H,3-5,8,14H2,1-2H3,(H2,23,24,26,28). The Morgan fingerprint density at radius 3 is 2.57 bits per heavy atom. The number of benzene rings is 2. The van der Waals surface area contributed by atoms with Crippen molar-refractivity contribution >= 4 is 34.7 Å². The summed E-state index contributed by atoms with van der Waals surface area (Å²) in [5, 5.41) is 5.75. The molecule has 0 saturated carbocycles. The third-order valence-electron chi connectivity index (χ3n) is 4.14. The number of hydrogen-bond acceptors (Lipinski definition) is 4. The van der Waals surface area contributed by atoms with E-state index in [0.29, 0.717) is 29.2 Å². The number of Topliss-reactive ketones (excluding diaryl/α,β-unsaturated/α-hetero) is 1. The van der Waals surface area contributed by atoms with Crippen molar-refractivity contribution in [2.24, 2.45) is 0 Å². The van der Waals surface area contributed by atoms with Crippen molar-refractivity contribution in [1.29, 1.82) is 0 Å². The molecule has 0 unspecified atom stereocenters. The Kier molecular flexibility index (Phi) is 8.62. The van der Waals surface area contributed by atoms with Gasteiger partial charge in [0.25, 0.3) is 5.91 Å². The number of thiocarbonyl (C=S) groups is 1. The zero-order chi connectivity index (χ0) is 20.4. The summed E-state index contributed by atoms with van der Waals surface area (Å²) in [6.45, 7) is 4.23. The van der Waals surface area contributed by atoms with Gasteiger partial charge in [0.2, 0.25) is 0 Å². The normalized spacial score (nSPS) is 10.2. The largest absolute Gasteiger partial charge is 0.493 e. The van der Waals surface area contributed by atoms with Crippen molar-refractivity contribution in [1.82, 2.24) is 5.32 Å². The van der Waals surface area contributed by atoms with Crippen molar-refractivity contribution < 1.29 is 14.3 Å². The maximum Gasteiger partial charge on any atom is 0.261 e. The van der Waals surface area contributed by atoms with E-state index in [-0.39, 0.29) is 16.8 Å². The number of carbonyl (C=O) groups excluding carboxylic acids is 2. The Balaban J connectivity index is 1.95. The summed E-state index contributed by atoms with van der Waals surface area (Å²) in [5.41, 5.74) is 1.64. The first-order chi connectivity index (χ1) is 13.5. The van der Waals surface area contributed by atoms with Crippen LogP contribution in [0.25, 0.3) is 0 Å². The molecule has 0 radical (unpaired) electrons. The molecule has 2 rings (SSSR count). The number of anilines is 1. The highest BCUT2D eigenvalue weighted by atomic mass is 32.1. The van der Waals surface area contributed by atoms with Gasteiger partial charge in [-0.15, -0.1) is 0 Å². The van der Waals surface area contributed by atoms with E-state index in [2.05, 4.69) is 17.6 Å². The molecule has 0 fully saturated rings. The molecule has 0 saturated heterocycles. The quantitative estimate of drug-likeness (QED) is 0.354. The van der Waals surface area contributed by atoms with Gasteiger partial charge in [-0.1, -0.05) is 50.5 Å². The predicted molar refractivity (Wildman–Crippen MR) is 116 cm³/mol. The Morgan fingerprint density at radius 2 is 1.82 bits per heavy atom. The maximum atomic E-state index is 12.6. The van der Waals surface area contributed by atoms with E-state index in [1.807, 2.05) is 6.07 Å². The van der Waals surface area contributed by atoms with Gasteiger partial charge in [0.15, 0.2) is 10.9 Å². The molecule has 0 heterocycles. The first-order valence-electron chi connectivity index (χ1n) is 9.46. The number of para-hydroxylation sites is 1. The van der Waals surface area contributed by atoms with E-state index >= 15 is 0 Å². The lowest BCUT2D eigenvalue weighted by atomic mass is 10.1. The maximum absolute atomic E-state index is 12.6. The van der Waals surface area contributed by atoms with Gasteiger partial charge in [-0.25, -0.2) is 0 Å². The van der Waals surface area contributed by atoms with E-state index in [1.54, 1.807) is 42.5 Å². The summed E-state index contributed by atoms with van der Waals surface area (Å²) in [5.74, 6) is 0.158. The van der Waals surface area contributed by atoms with E-state index < -0.39 is 0 Å². The summed E-state index contributed by atoms with van der Waals surface area (Å²) < 4.78 is 5.78. The summed E-state index contributed by atoms with van der Waals surface area (Å²) in [4.78, 5) is 24.1. The van der Waals surface area contributed by atoms with E-state index in [1.165, 1.54) is 19.8 Å². The second kappa shape index (κ2) is 11.2. The third kappa shape index (κ3) is 6.78. The number of carbonyl (C=O) groups is 2. The monoisotopic (exact) mass is 398 g/mol. The molecule has 28 heavy (non-hydrogen) atoms. The van der Waals surface area contributed by atoms with Crippen LogP contribution in [0.5, 0.6) is 5.75 Å². The van der Waals surface area contributed by atoms with Crippen LogP contribution in [0.4, 0.5) is 5.69 Å². The molecule has 6 heteroatoms. The lowest BCUT2D eigenvalue weighted by Crippen LogP contribution is -2.34. The minimum atomic E-state index is -0.343. The summed E-state index contributed by atoms with van der Waals surface area (Å²) in [6.07, 6.45) is 4.41. The summed E-state index contributed by atoms with van der Waals surface area (Å²) >= 11 is 5.23. The highest BCUT2D eigenvalue weighted by molar-refractivity contribution is 7.80. The van der Waals surface area contributed by atoms with Gasteiger partial charge in [-0.2, -0.15) is 0 Å². The molecule has 2 N–H and O–H groups in total. The average Bonchev–Trinajstić information content (AvgIpc) is 2.68. The van der Waals surface area contributed by atoms with Crippen LogP contribution in [0.3, 0.4) is 0 Å². The fraction of sp³-hybridized carbons (Fsp3) is 0.318. The smallest absolute Gasteiger partial charge is 0.261 e. The Labute approximate surface area is 171 Å². The number of nitrogens with one attached hydrogen (secondary N) is 2. The number of rotatable bonds is 9. The second-order valence-corrected chi connectivity index (χ2v) is 6.86. The predicted octanol–water partition coefficient (Wildman–Crippen LogP) is 4.98. The molecular weight excluding hydrogens is 372 g/mol.